The Morgan fingerprint density at radius 2 is 1.74 bits per heavy atom. The number of methoxy groups -OCH3 is 2. The lowest BCUT2D eigenvalue weighted by molar-refractivity contribution is 0.377. The number of hydrogen-bond donors (Lipinski definition) is 1. The standard InChI is InChI=1S/C20H17N3O3S/c1-25-16-10-13(15-12-22-23-18(24)8-9-21-20(15)23)11-17(26-2)19(16)27-14-6-4-3-5-7-14/h3-12,22H,1-2H3. The SMILES string of the molecule is COc1cc(-c2c[nH]n3c(=O)ccnc23)cc(OC)c1Sc1ccccc1. The predicted molar refractivity (Wildman–Crippen MR) is 105 cm³/mol. The van der Waals surface area contributed by atoms with Gasteiger partial charge in [-0.2, -0.15) is 0 Å². The first-order valence-corrected chi connectivity index (χ1v) is 9.07. The maximum Gasteiger partial charge on any atom is 0.272 e. The molecule has 0 atom stereocenters. The summed E-state index contributed by atoms with van der Waals surface area (Å²) in [5.74, 6) is 1.38. The molecule has 0 bridgehead atoms. The molecule has 1 N–H and O–H groups in total. The number of H-pyrrole nitrogens is 1. The Bertz CT molecular complexity index is 1130. The molecule has 7 heteroatoms. The highest BCUT2D eigenvalue weighted by Crippen LogP contribution is 2.44. The average Bonchev–Trinajstić information content (AvgIpc) is 3.14. The third-order valence-corrected chi connectivity index (χ3v) is 5.27. The van der Waals surface area contributed by atoms with Gasteiger partial charge in [-0.1, -0.05) is 30.0 Å². The van der Waals surface area contributed by atoms with Crippen LogP contribution in [0.4, 0.5) is 0 Å². The number of rotatable bonds is 5. The normalized spacial score (nSPS) is 10.9. The van der Waals surface area contributed by atoms with Crippen molar-refractivity contribution in [1.29, 1.82) is 0 Å². The van der Waals surface area contributed by atoms with Crippen LogP contribution in [0, 0.1) is 0 Å². The molecule has 2 aromatic heterocycles. The Balaban J connectivity index is 1.85. The summed E-state index contributed by atoms with van der Waals surface area (Å²) in [7, 11) is 3.26. The van der Waals surface area contributed by atoms with E-state index in [9.17, 15) is 4.79 Å². The van der Waals surface area contributed by atoms with Gasteiger partial charge in [-0.25, -0.2) is 9.50 Å². The van der Waals surface area contributed by atoms with Crippen molar-refractivity contribution in [3.8, 4) is 22.6 Å². The first-order chi connectivity index (χ1) is 13.2. The van der Waals surface area contributed by atoms with Crippen molar-refractivity contribution in [2.45, 2.75) is 9.79 Å². The molecular formula is C20H17N3O3S. The summed E-state index contributed by atoms with van der Waals surface area (Å²) in [5, 5.41) is 2.94. The minimum atomic E-state index is -0.165. The van der Waals surface area contributed by atoms with Gasteiger partial charge in [-0.3, -0.25) is 9.89 Å². The summed E-state index contributed by atoms with van der Waals surface area (Å²) in [6.45, 7) is 0. The van der Waals surface area contributed by atoms with Crippen LogP contribution >= 0.6 is 11.8 Å². The van der Waals surface area contributed by atoms with Crippen LogP contribution in [0.2, 0.25) is 0 Å². The van der Waals surface area contributed by atoms with Crippen LogP contribution in [-0.4, -0.2) is 28.8 Å². The zero-order valence-electron chi connectivity index (χ0n) is 14.8. The van der Waals surface area contributed by atoms with E-state index >= 15 is 0 Å². The second-order valence-corrected chi connectivity index (χ2v) is 6.84. The number of aromatic nitrogens is 3. The minimum absolute atomic E-state index is 0.165. The molecule has 4 rings (SSSR count). The minimum Gasteiger partial charge on any atom is -0.495 e. The third-order valence-electron chi connectivity index (χ3n) is 4.16. The van der Waals surface area contributed by atoms with E-state index in [1.165, 1.54) is 16.8 Å². The van der Waals surface area contributed by atoms with E-state index in [1.807, 2.05) is 42.5 Å². The Labute approximate surface area is 159 Å². The van der Waals surface area contributed by atoms with Gasteiger partial charge < -0.3 is 9.47 Å². The van der Waals surface area contributed by atoms with E-state index < -0.39 is 0 Å². The Hall–Kier alpha value is -3.19. The molecule has 0 saturated heterocycles. The van der Waals surface area contributed by atoms with Gasteiger partial charge in [-0.15, -0.1) is 0 Å². The summed E-state index contributed by atoms with van der Waals surface area (Å²) in [4.78, 5) is 18.3. The van der Waals surface area contributed by atoms with Gasteiger partial charge >= 0.3 is 0 Å². The summed E-state index contributed by atoms with van der Waals surface area (Å²) >= 11 is 1.57. The molecule has 136 valence electrons. The first kappa shape index (κ1) is 17.2. The summed E-state index contributed by atoms with van der Waals surface area (Å²) in [5.41, 5.74) is 2.02. The Morgan fingerprint density at radius 1 is 1.04 bits per heavy atom. The fourth-order valence-corrected chi connectivity index (χ4v) is 3.89. The molecule has 27 heavy (non-hydrogen) atoms. The number of nitrogens with zero attached hydrogens (tertiary/aromatic N) is 2. The molecule has 0 aliphatic carbocycles. The van der Waals surface area contributed by atoms with Gasteiger partial charge in [0.1, 0.15) is 11.5 Å². The van der Waals surface area contributed by atoms with E-state index in [-0.39, 0.29) is 5.56 Å². The molecular weight excluding hydrogens is 362 g/mol. The van der Waals surface area contributed by atoms with Crippen molar-refractivity contribution in [2.75, 3.05) is 14.2 Å². The summed E-state index contributed by atoms with van der Waals surface area (Å²) < 4.78 is 12.7. The highest BCUT2D eigenvalue weighted by atomic mass is 32.2. The van der Waals surface area contributed by atoms with E-state index in [4.69, 9.17) is 9.47 Å². The zero-order chi connectivity index (χ0) is 18.8. The molecule has 4 aromatic rings. The van der Waals surface area contributed by atoms with Gasteiger partial charge in [-0.05, 0) is 29.8 Å². The second kappa shape index (κ2) is 7.20. The molecule has 2 heterocycles. The molecule has 0 radical (unpaired) electrons. The van der Waals surface area contributed by atoms with Gasteiger partial charge in [0.05, 0.1) is 19.1 Å². The fourth-order valence-electron chi connectivity index (χ4n) is 2.87. The molecule has 0 amide bonds. The lowest BCUT2D eigenvalue weighted by atomic mass is 10.1. The van der Waals surface area contributed by atoms with Crippen LogP contribution in [0.25, 0.3) is 16.8 Å². The van der Waals surface area contributed by atoms with Crippen LogP contribution in [0.5, 0.6) is 11.5 Å². The summed E-state index contributed by atoms with van der Waals surface area (Å²) in [6, 6.07) is 15.3. The molecule has 0 unspecified atom stereocenters. The lowest BCUT2D eigenvalue weighted by Crippen LogP contribution is -2.12. The maximum absolute atomic E-state index is 12.0. The van der Waals surface area contributed by atoms with Crippen LogP contribution in [0.15, 0.2) is 75.5 Å². The highest BCUT2D eigenvalue weighted by molar-refractivity contribution is 7.99. The lowest BCUT2D eigenvalue weighted by Gasteiger charge is -2.15. The number of hydrogen-bond acceptors (Lipinski definition) is 5. The van der Waals surface area contributed by atoms with Crippen molar-refractivity contribution in [3.05, 3.63) is 71.3 Å². The van der Waals surface area contributed by atoms with Gasteiger partial charge in [0.15, 0.2) is 5.65 Å². The number of nitrogens with one attached hydrogen (secondary N) is 1. The number of ether oxygens (including phenoxy) is 2. The Morgan fingerprint density at radius 3 is 2.41 bits per heavy atom. The molecule has 0 spiro atoms. The Kier molecular flexibility index (Phi) is 4.60. The van der Waals surface area contributed by atoms with Crippen molar-refractivity contribution >= 4 is 17.4 Å². The molecule has 0 fully saturated rings. The smallest absolute Gasteiger partial charge is 0.272 e. The zero-order valence-corrected chi connectivity index (χ0v) is 15.6. The van der Waals surface area contributed by atoms with Crippen molar-refractivity contribution in [3.63, 3.8) is 0 Å². The maximum atomic E-state index is 12.0. The predicted octanol–water partition coefficient (Wildman–Crippen LogP) is 3.86. The van der Waals surface area contributed by atoms with Crippen molar-refractivity contribution in [2.24, 2.45) is 0 Å². The average molecular weight is 379 g/mol. The van der Waals surface area contributed by atoms with Crippen molar-refractivity contribution < 1.29 is 9.47 Å². The third kappa shape index (κ3) is 3.17. The topological polar surface area (TPSA) is 68.6 Å². The van der Waals surface area contributed by atoms with Crippen LogP contribution in [0.3, 0.4) is 0 Å². The summed E-state index contributed by atoms with van der Waals surface area (Å²) in [6.07, 6.45) is 3.26. The molecule has 0 aliphatic rings. The van der Waals surface area contributed by atoms with E-state index in [2.05, 4.69) is 10.1 Å². The van der Waals surface area contributed by atoms with Crippen LogP contribution in [0.1, 0.15) is 0 Å². The molecule has 2 aromatic carbocycles. The fraction of sp³-hybridized carbons (Fsp3) is 0.100. The largest absolute Gasteiger partial charge is 0.495 e. The molecule has 6 nitrogen and oxygen atoms in total. The van der Waals surface area contributed by atoms with E-state index in [0.717, 1.165) is 20.9 Å². The first-order valence-electron chi connectivity index (χ1n) is 8.25. The monoisotopic (exact) mass is 379 g/mol. The quantitative estimate of drug-likeness (QED) is 0.570. The van der Waals surface area contributed by atoms with Crippen molar-refractivity contribution in [1.82, 2.24) is 14.6 Å². The molecule has 0 saturated carbocycles. The number of aromatic amines is 1. The number of fused-ring (bicyclic) bond motifs is 1. The van der Waals surface area contributed by atoms with Crippen LogP contribution < -0.4 is 15.0 Å². The van der Waals surface area contributed by atoms with Gasteiger partial charge in [0.2, 0.25) is 0 Å². The second-order valence-electron chi connectivity index (χ2n) is 5.75. The number of benzene rings is 2. The van der Waals surface area contributed by atoms with E-state index in [0.29, 0.717) is 17.1 Å². The highest BCUT2D eigenvalue weighted by Gasteiger charge is 2.17. The van der Waals surface area contributed by atoms with E-state index in [1.54, 1.807) is 32.2 Å². The van der Waals surface area contributed by atoms with Crippen LogP contribution in [-0.2, 0) is 0 Å². The van der Waals surface area contributed by atoms with Gasteiger partial charge in [0.25, 0.3) is 5.56 Å². The van der Waals surface area contributed by atoms with Gasteiger partial charge in [0, 0.05) is 28.9 Å². The molecule has 0 aliphatic heterocycles.